The average Bonchev–Trinajstić information content (AvgIpc) is 3.16. The Bertz CT molecular complexity index is 1120. The Kier molecular flexibility index (Phi) is 7.98. The van der Waals surface area contributed by atoms with Crippen LogP contribution in [0.2, 0.25) is 10.0 Å². The number of benzene rings is 2. The minimum absolute atomic E-state index is 0.0900. The van der Waals surface area contributed by atoms with Crippen molar-refractivity contribution >= 4 is 47.1 Å². The van der Waals surface area contributed by atoms with Gasteiger partial charge < -0.3 is 4.57 Å². The minimum atomic E-state index is -0.252. The highest BCUT2D eigenvalue weighted by Gasteiger charge is 2.17. The predicted molar refractivity (Wildman–Crippen MR) is 133 cm³/mol. The van der Waals surface area contributed by atoms with Crippen molar-refractivity contribution in [2.45, 2.75) is 44.8 Å². The number of nitrogens with zero attached hydrogens (tertiary/aromatic N) is 4. The third-order valence-corrected chi connectivity index (χ3v) is 6.26. The van der Waals surface area contributed by atoms with Gasteiger partial charge in [-0.15, -0.1) is 10.2 Å². The maximum absolute atomic E-state index is 12.2. The first-order valence-electron chi connectivity index (χ1n) is 10.1. The average molecular weight is 490 g/mol. The first-order valence-corrected chi connectivity index (χ1v) is 11.9. The van der Waals surface area contributed by atoms with Crippen LogP contribution in [0, 0.1) is 0 Å². The van der Waals surface area contributed by atoms with Crippen LogP contribution >= 0.6 is 35.0 Å². The van der Waals surface area contributed by atoms with E-state index in [1.807, 2.05) is 11.5 Å². The van der Waals surface area contributed by atoms with Gasteiger partial charge in [0, 0.05) is 22.7 Å². The van der Waals surface area contributed by atoms with Crippen molar-refractivity contribution in [3.05, 3.63) is 63.6 Å². The number of amides is 1. The smallest absolute Gasteiger partial charge is 0.250 e. The number of thioether (sulfide) groups is 1. The quantitative estimate of drug-likeness (QED) is 0.258. The molecule has 0 bridgehead atoms. The van der Waals surface area contributed by atoms with Crippen LogP contribution in [-0.4, -0.2) is 32.6 Å². The summed E-state index contributed by atoms with van der Waals surface area (Å²) >= 11 is 13.3. The molecule has 0 spiro atoms. The van der Waals surface area contributed by atoms with Crippen molar-refractivity contribution in [1.82, 2.24) is 20.2 Å². The second kappa shape index (κ2) is 10.5. The number of hydrogen-bond acceptors (Lipinski definition) is 5. The molecule has 1 heterocycles. The predicted octanol–water partition coefficient (Wildman–Crippen LogP) is 5.81. The summed E-state index contributed by atoms with van der Waals surface area (Å²) in [5, 5.41) is 14.3. The molecule has 32 heavy (non-hydrogen) atoms. The zero-order valence-electron chi connectivity index (χ0n) is 18.4. The van der Waals surface area contributed by atoms with E-state index < -0.39 is 0 Å². The Balaban J connectivity index is 1.62. The van der Waals surface area contributed by atoms with Crippen LogP contribution in [0.25, 0.3) is 11.4 Å². The molecule has 2 aromatic carbocycles. The molecule has 0 aliphatic heterocycles. The van der Waals surface area contributed by atoms with Gasteiger partial charge >= 0.3 is 0 Å². The number of halogens is 2. The topological polar surface area (TPSA) is 72.2 Å². The van der Waals surface area contributed by atoms with E-state index in [9.17, 15) is 4.79 Å². The van der Waals surface area contributed by atoms with Gasteiger partial charge in [-0.3, -0.25) is 4.79 Å². The molecule has 0 atom stereocenters. The van der Waals surface area contributed by atoms with Gasteiger partial charge in [-0.25, -0.2) is 5.43 Å². The monoisotopic (exact) mass is 489 g/mol. The largest absolute Gasteiger partial charge is 0.302 e. The van der Waals surface area contributed by atoms with E-state index >= 15 is 0 Å². The fraction of sp³-hybridized carbons (Fsp3) is 0.304. The van der Waals surface area contributed by atoms with Gasteiger partial charge in [0.25, 0.3) is 5.91 Å². The number of rotatable bonds is 7. The van der Waals surface area contributed by atoms with Crippen molar-refractivity contribution in [3.63, 3.8) is 0 Å². The van der Waals surface area contributed by atoms with E-state index in [0.29, 0.717) is 27.3 Å². The Labute approximate surface area is 202 Å². The lowest BCUT2D eigenvalue weighted by molar-refractivity contribution is -0.118. The SMILES string of the molecule is CCn1c(SCC(=O)NN=Cc2ccc(Cl)cc2Cl)nnc1-c1ccc(C(C)(C)C)cc1. The van der Waals surface area contributed by atoms with E-state index in [1.165, 1.54) is 23.5 Å². The molecule has 0 unspecified atom stereocenters. The lowest BCUT2D eigenvalue weighted by atomic mass is 9.87. The Morgan fingerprint density at radius 1 is 1.16 bits per heavy atom. The lowest BCUT2D eigenvalue weighted by Crippen LogP contribution is -2.20. The second-order valence-electron chi connectivity index (χ2n) is 8.13. The number of hydrogen-bond donors (Lipinski definition) is 1. The molecule has 1 aromatic heterocycles. The normalized spacial score (nSPS) is 11.8. The second-order valence-corrected chi connectivity index (χ2v) is 9.91. The van der Waals surface area contributed by atoms with Gasteiger partial charge in [0.15, 0.2) is 11.0 Å². The van der Waals surface area contributed by atoms with Crippen LogP contribution in [0.5, 0.6) is 0 Å². The molecule has 0 saturated heterocycles. The standard InChI is InChI=1S/C23H25Cl2N5OS/c1-5-30-21(15-6-9-17(10-7-15)23(2,3)4)28-29-22(30)32-14-20(31)27-26-13-16-8-11-18(24)12-19(16)25/h6-13H,5,14H2,1-4H3,(H,27,31). The summed E-state index contributed by atoms with van der Waals surface area (Å²) in [6.07, 6.45) is 1.48. The number of nitrogens with one attached hydrogen (secondary N) is 1. The van der Waals surface area contributed by atoms with Crippen LogP contribution in [0.15, 0.2) is 52.7 Å². The van der Waals surface area contributed by atoms with Crippen LogP contribution in [-0.2, 0) is 16.8 Å². The summed E-state index contributed by atoms with van der Waals surface area (Å²) in [5.74, 6) is 0.691. The summed E-state index contributed by atoms with van der Waals surface area (Å²) in [6.45, 7) is 9.28. The number of hydrazone groups is 1. The van der Waals surface area contributed by atoms with Gasteiger partial charge in [-0.05, 0) is 30.0 Å². The molecular formula is C23H25Cl2N5OS. The maximum Gasteiger partial charge on any atom is 0.250 e. The van der Waals surface area contributed by atoms with Crippen molar-refractivity contribution in [3.8, 4) is 11.4 Å². The fourth-order valence-electron chi connectivity index (χ4n) is 2.96. The molecule has 3 rings (SSSR count). The van der Waals surface area contributed by atoms with Gasteiger partial charge in [-0.2, -0.15) is 5.10 Å². The summed E-state index contributed by atoms with van der Waals surface area (Å²) in [5.41, 5.74) is 5.51. The zero-order valence-corrected chi connectivity index (χ0v) is 20.7. The molecule has 9 heteroatoms. The molecule has 1 N–H and O–H groups in total. The van der Waals surface area contributed by atoms with E-state index in [-0.39, 0.29) is 17.1 Å². The fourth-order valence-corrected chi connectivity index (χ4v) is 4.21. The first kappa shape index (κ1) is 24.3. The Hall–Kier alpha value is -2.35. The van der Waals surface area contributed by atoms with Crippen molar-refractivity contribution < 1.29 is 4.79 Å². The molecule has 168 valence electrons. The third-order valence-electron chi connectivity index (χ3n) is 4.73. The summed E-state index contributed by atoms with van der Waals surface area (Å²) < 4.78 is 2.00. The molecule has 0 aliphatic carbocycles. The zero-order chi connectivity index (χ0) is 23.3. The van der Waals surface area contributed by atoms with Gasteiger partial charge in [0.2, 0.25) is 0 Å². The number of carbonyl (C=O) groups is 1. The van der Waals surface area contributed by atoms with Crippen LogP contribution in [0.3, 0.4) is 0 Å². The molecule has 1 amide bonds. The van der Waals surface area contributed by atoms with Crippen LogP contribution in [0.4, 0.5) is 0 Å². The highest BCUT2D eigenvalue weighted by atomic mass is 35.5. The summed E-state index contributed by atoms with van der Waals surface area (Å²) in [7, 11) is 0. The van der Waals surface area contributed by atoms with Gasteiger partial charge in [0.1, 0.15) is 0 Å². The van der Waals surface area contributed by atoms with E-state index in [0.717, 1.165) is 11.4 Å². The van der Waals surface area contributed by atoms with Crippen molar-refractivity contribution in [1.29, 1.82) is 0 Å². The highest BCUT2D eigenvalue weighted by molar-refractivity contribution is 7.99. The number of carbonyl (C=O) groups excluding carboxylic acids is 1. The van der Waals surface area contributed by atoms with Gasteiger partial charge in [-0.1, -0.05) is 86.1 Å². The van der Waals surface area contributed by atoms with E-state index in [1.54, 1.807) is 18.2 Å². The summed E-state index contributed by atoms with van der Waals surface area (Å²) in [6, 6.07) is 13.4. The molecule has 0 radical (unpaired) electrons. The molecule has 6 nitrogen and oxygen atoms in total. The number of aromatic nitrogens is 3. The minimum Gasteiger partial charge on any atom is -0.302 e. The molecule has 3 aromatic rings. The molecule has 0 aliphatic rings. The molecular weight excluding hydrogens is 465 g/mol. The van der Waals surface area contributed by atoms with Crippen LogP contribution < -0.4 is 5.43 Å². The Morgan fingerprint density at radius 3 is 2.50 bits per heavy atom. The van der Waals surface area contributed by atoms with Crippen molar-refractivity contribution in [2.24, 2.45) is 5.10 Å². The third kappa shape index (κ3) is 6.12. The maximum atomic E-state index is 12.2. The van der Waals surface area contributed by atoms with Gasteiger partial charge in [0.05, 0.1) is 17.0 Å². The highest BCUT2D eigenvalue weighted by Crippen LogP contribution is 2.27. The molecule has 0 fully saturated rings. The first-order chi connectivity index (χ1) is 15.2. The lowest BCUT2D eigenvalue weighted by Gasteiger charge is -2.19. The van der Waals surface area contributed by atoms with Crippen molar-refractivity contribution in [2.75, 3.05) is 5.75 Å². The van der Waals surface area contributed by atoms with Crippen LogP contribution in [0.1, 0.15) is 38.8 Å². The summed E-state index contributed by atoms with van der Waals surface area (Å²) in [4.78, 5) is 12.2. The van der Waals surface area contributed by atoms with E-state index in [4.69, 9.17) is 23.2 Å². The Morgan fingerprint density at radius 2 is 1.88 bits per heavy atom. The molecule has 0 saturated carbocycles. The van der Waals surface area contributed by atoms with E-state index in [2.05, 4.69) is 65.8 Å².